The Morgan fingerprint density at radius 2 is 2.06 bits per heavy atom. The molecule has 0 aromatic heterocycles. The first-order chi connectivity index (χ1) is 8.40. The largest absolute Gasteiger partial charge is 0.324 e. The summed E-state index contributed by atoms with van der Waals surface area (Å²) in [7, 11) is 0. The number of amides is 2. The van der Waals surface area contributed by atoms with Crippen LogP contribution in [0.15, 0.2) is 12.1 Å². The van der Waals surface area contributed by atoms with Crippen molar-refractivity contribution in [1.82, 2.24) is 0 Å². The number of Topliss-reactive ketones (excluding diaryl/α,β-unsaturated/α-hetero) is 1. The Kier molecular flexibility index (Phi) is 2.55. The number of nitro groups is 1. The SMILES string of the molecule is CC(=O)Nc1cc([N+](=O)[O-])cc2c1NC(=O)C2=O. The van der Waals surface area contributed by atoms with Crippen molar-refractivity contribution in [1.29, 1.82) is 0 Å². The van der Waals surface area contributed by atoms with E-state index in [4.69, 9.17) is 0 Å². The number of carbonyl (C=O) groups is 3. The second kappa shape index (κ2) is 3.91. The van der Waals surface area contributed by atoms with E-state index in [2.05, 4.69) is 10.6 Å². The van der Waals surface area contributed by atoms with Crippen LogP contribution in [0.5, 0.6) is 0 Å². The van der Waals surface area contributed by atoms with Crippen LogP contribution in [-0.4, -0.2) is 22.5 Å². The van der Waals surface area contributed by atoms with E-state index >= 15 is 0 Å². The first-order valence-corrected chi connectivity index (χ1v) is 4.86. The van der Waals surface area contributed by atoms with Gasteiger partial charge in [0, 0.05) is 19.1 Å². The molecule has 0 bridgehead atoms. The van der Waals surface area contributed by atoms with E-state index in [0.29, 0.717) is 0 Å². The van der Waals surface area contributed by atoms with Gasteiger partial charge in [-0.05, 0) is 0 Å². The lowest BCUT2D eigenvalue weighted by atomic mass is 10.1. The zero-order valence-electron chi connectivity index (χ0n) is 9.14. The molecule has 18 heavy (non-hydrogen) atoms. The maximum Gasteiger partial charge on any atom is 0.296 e. The lowest BCUT2D eigenvalue weighted by Gasteiger charge is -2.07. The summed E-state index contributed by atoms with van der Waals surface area (Å²) < 4.78 is 0. The van der Waals surface area contributed by atoms with Crippen molar-refractivity contribution < 1.29 is 19.3 Å². The molecule has 1 aromatic carbocycles. The third-order valence-electron chi connectivity index (χ3n) is 2.33. The van der Waals surface area contributed by atoms with Gasteiger partial charge in [0.15, 0.2) is 0 Å². The molecule has 1 aliphatic rings. The number of nitrogens with one attached hydrogen (secondary N) is 2. The van der Waals surface area contributed by atoms with Gasteiger partial charge in [-0.2, -0.15) is 0 Å². The van der Waals surface area contributed by atoms with Crippen LogP contribution in [0.4, 0.5) is 17.1 Å². The van der Waals surface area contributed by atoms with E-state index in [0.717, 1.165) is 12.1 Å². The van der Waals surface area contributed by atoms with Crippen LogP contribution in [0.1, 0.15) is 17.3 Å². The summed E-state index contributed by atoms with van der Waals surface area (Å²) in [4.78, 5) is 43.6. The molecule has 0 saturated carbocycles. The van der Waals surface area contributed by atoms with E-state index in [1.54, 1.807) is 0 Å². The fraction of sp³-hybridized carbons (Fsp3) is 0.100. The molecular formula is C10H7N3O5. The van der Waals surface area contributed by atoms with Crippen LogP contribution in [0.2, 0.25) is 0 Å². The number of nitro benzene ring substituents is 1. The molecule has 0 unspecified atom stereocenters. The molecule has 0 atom stereocenters. The molecule has 1 aromatic rings. The van der Waals surface area contributed by atoms with Crippen molar-refractivity contribution in [3.05, 3.63) is 27.8 Å². The Balaban J connectivity index is 2.63. The number of non-ortho nitro benzene ring substituents is 1. The van der Waals surface area contributed by atoms with E-state index in [9.17, 15) is 24.5 Å². The van der Waals surface area contributed by atoms with Gasteiger partial charge in [-0.25, -0.2) is 0 Å². The number of hydrogen-bond acceptors (Lipinski definition) is 5. The fourth-order valence-corrected chi connectivity index (χ4v) is 1.63. The van der Waals surface area contributed by atoms with Crippen LogP contribution in [0, 0.1) is 10.1 Å². The second-order valence-electron chi connectivity index (χ2n) is 3.64. The Labute approximate surface area is 100 Å². The fourth-order valence-electron chi connectivity index (χ4n) is 1.63. The molecule has 2 N–H and O–H groups in total. The molecule has 92 valence electrons. The zero-order chi connectivity index (χ0) is 13.4. The molecule has 0 fully saturated rings. The van der Waals surface area contributed by atoms with E-state index in [-0.39, 0.29) is 22.6 Å². The maximum absolute atomic E-state index is 11.5. The number of rotatable bonds is 2. The molecule has 8 heteroatoms. The van der Waals surface area contributed by atoms with E-state index < -0.39 is 22.5 Å². The molecule has 1 aliphatic heterocycles. The lowest BCUT2D eigenvalue weighted by molar-refractivity contribution is -0.384. The summed E-state index contributed by atoms with van der Waals surface area (Å²) in [6, 6.07) is 2.08. The minimum Gasteiger partial charge on any atom is -0.324 e. The maximum atomic E-state index is 11.5. The van der Waals surface area contributed by atoms with Gasteiger partial charge in [-0.3, -0.25) is 24.5 Å². The first kappa shape index (κ1) is 11.7. The number of hydrogen-bond donors (Lipinski definition) is 2. The Morgan fingerprint density at radius 1 is 1.39 bits per heavy atom. The molecule has 0 aliphatic carbocycles. The average Bonchev–Trinajstić information content (AvgIpc) is 2.55. The summed E-state index contributed by atoms with van der Waals surface area (Å²) in [6.07, 6.45) is 0. The predicted octanol–water partition coefficient (Wildman–Crippen LogP) is 0.688. The smallest absolute Gasteiger partial charge is 0.296 e. The highest BCUT2D eigenvalue weighted by atomic mass is 16.6. The van der Waals surface area contributed by atoms with Crippen LogP contribution in [0.25, 0.3) is 0 Å². The van der Waals surface area contributed by atoms with E-state index in [1.807, 2.05) is 0 Å². The molecular weight excluding hydrogens is 242 g/mol. The molecule has 2 rings (SSSR count). The summed E-state index contributed by atoms with van der Waals surface area (Å²) in [5.41, 5.74) is -0.364. The molecule has 2 amide bonds. The van der Waals surface area contributed by atoms with Crippen LogP contribution in [0.3, 0.4) is 0 Å². The average molecular weight is 249 g/mol. The summed E-state index contributed by atoms with van der Waals surface area (Å²) in [6.45, 7) is 1.21. The van der Waals surface area contributed by atoms with Crippen molar-refractivity contribution in [3.8, 4) is 0 Å². The minimum atomic E-state index is -0.878. The minimum absolute atomic E-state index is 0.0332. The van der Waals surface area contributed by atoms with Crippen molar-refractivity contribution >= 4 is 34.7 Å². The van der Waals surface area contributed by atoms with Gasteiger partial charge in [-0.15, -0.1) is 0 Å². The third kappa shape index (κ3) is 1.79. The quantitative estimate of drug-likeness (QED) is 0.454. The lowest BCUT2D eigenvalue weighted by Crippen LogP contribution is -2.13. The van der Waals surface area contributed by atoms with Gasteiger partial charge in [0.2, 0.25) is 5.91 Å². The van der Waals surface area contributed by atoms with Gasteiger partial charge in [0.25, 0.3) is 17.4 Å². The van der Waals surface area contributed by atoms with Gasteiger partial charge in [-0.1, -0.05) is 0 Å². The van der Waals surface area contributed by atoms with Crippen LogP contribution in [-0.2, 0) is 9.59 Å². The molecule has 0 saturated heterocycles. The van der Waals surface area contributed by atoms with Gasteiger partial charge >= 0.3 is 0 Å². The Hall–Kier alpha value is -2.77. The standard InChI is InChI=1S/C10H7N3O5/c1-4(14)11-7-3-5(13(17)18)2-6-8(7)12-10(16)9(6)15/h2-3H,1H3,(H,11,14)(H,12,15,16). The Morgan fingerprint density at radius 3 is 2.61 bits per heavy atom. The van der Waals surface area contributed by atoms with Crippen LogP contribution >= 0.6 is 0 Å². The summed E-state index contributed by atoms with van der Waals surface area (Å²) in [5, 5.41) is 15.3. The number of benzene rings is 1. The number of carbonyl (C=O) groups excluding carboxylic acids is 3. The molecule has 0 radical (unpaired) electrons. The van der Waals surface area contributed by atoms with Crippen molar-refractivity contribution in [2.45, 2.75) is 6.92 Å². The highest BCUT2D eigenvalue weighted by Crippen LogP contribution is 2.35. The molecule has 0 spiro atoms. The number of ketones is 1. The van der Waals surface area contributed by atoms with Gasteiger partial charge in [0.05, 0.1) is 21.9 Å². The van der Waals surface area contributed by atoms with E-state index in [1.165, 1.54) is 6.92 Å². The number of fused-ring (bicyclic) bond motifs is 1. The first-order valence-electron chi connectivity index (χ1n) is 4.86. The molecule has 8 nitrogen and oxygen atoms in total. The molecule has 1 heterocycles. The van der Waals surface area contributed by atoms with Crippen LogP contribution < -0.4 is 10.6 Å². The Bertz CT molecular complexity index is 608. The zero-order valence-corrected chi connectivity index (χ0v) is 9.14. The number of nitrogens with zero attached hydrogens (tertiary/aromatic N) is 1. The predicted molar refractivity (Wildman–Crippen MR) is 60.4 cm³/mol. The summed E-state index contributed by atoms with van der Waals surface area (Å²) in [5.74, 6) is -2.20. The highest BCUT2D eigenvalue weighted by Gasteiger charge is 2.32. The second-order valence-corrected chi connectivity index (χ2v) is 3.64. The summed E-state index contributed by atoms with van der Waals surface area (Å²) >= 11 is 0. The monoisotopic (exact) mass is 249 g/mol. The van der Waals surface area contributed by atoms with Crippen molar-refractivity contribution in [3.63, 3.8) is 0 Å². The number of anilines is 2. The van der Waals surface area contributed by atoms with Gasteiger partial charge < -0.3 is 10.6 Å². The third-order valence-corrected chi connectivity index (χ3v) is 2.33. The van der Waals surface area contributed by atoms with Crippen molar-refractivity contribution in [2.24, 2.45) is 0 Å². The topological polar surface area (TPSA) is 118 Å². The van der Waals surface area contributed by atoms with Crippen molar-refractivity contribution in [2.75, 3.05) is 10.6 Å². The van der Waals surface area contributed by atoms with Gasteiger partial charge in [0.1, 0.15) is 0 Å². The normalized spacial score (nSPS) is 12.9. The highest BCUT2D eigenvalue weighted by molar-refractivity contribution is 6.52.